The molecule has 0 spiro atoms. The second-order valence-corrected chi connectivity index (χ2v) is 10.2. The van der Waals surface area contributed by atoms with Gasteiger partial charge < -0.3 is 0 Å². The average molecular weight is 475 g/mol. The van der Waals surface area contributed by atoms with Gasteiger partial charge in [0.1, 0.15) is 0 Å². The normalized spacial score (nSPS) is 13.7. The zero-order valence-electron chi connectivity index (χ0n) is 16.8. The second-order valence-electron chi connectivity index (χ2n) is 7.50. The first-order valence-corrected chi connectivity index (χ1v) is 12.0. The van der Waals surface area contributed by atoms with Gasteiger partial charge in [-0.2, -0.15) is 0 Å². The maximum Gasteiger partial charge on any atom is 0.264 e. The topological polar surface area (TPSA) is 67.3 Å². The van der Waals surface area contributed by atoms with E-state index in [0.29, 0.717) is 36.3 Å². The Balaban J connectivity index is 1.69. The lowest BCUT2D eigenvalue weighted by molar-refractivity contribution is 0.0993. The Morgan fingerprint density at radius 3 is 2.52 bits per heavy atom. The molecular weight excluding hydrogens is 455 g/mol. The van der Waals surface area contributed by atoms with Crippen molar-refractivity contribution in [3.05, 3.63) is 87.2 Å². The fourth-order valence-corrected chi connectivity index (χ4v) is 5.96. The van der Waals surface area contributed by atoms with E-state index in [9.17, 15) is 13.2 Å². The first-order valence-electron chi connectivity index (χ1n) is 9.82. The molecule has 3 aromatic rings. The molecule has 4 rings (SSSR count). The number of halogens is 2. The summed E-state index contributed by atoms with van der Waals surface area (Å²) in [4.78, 5) is 17.5. The van der Waals surface area contributed by atoms with E-state index >= 15 is 0 Å². The predicted octanol–water partition coefficient (Wildman–Crippen LogP) is 5.26. The summed E-state index contributed by atoms with van der Waals surface area (Å²) in [5.41, 5.74) is 2.95. The van der Waals surface area contributed by atoms with Crippen molar-refractivity contribution in [3.63, 3.8) is 0 Å². The summed E-state index contributed by atoms with van der Waals surface area (Å²) < 4.78 is 28.1. The van der Waals surface area contributed by atoms with E-state index < -0.39 is 10.0 Å². The smallest absolute Gasteiger partial charge is 0.264 e. The van der Waals surface area contributed by atoms with Crippen LogP contribution in [0.15, 0.2) is 59.6 Å². The molecule has 1 aliphatic heterocycles. The van der Waals surface area contributed by atoms with Crippen LogP contribution in [0.3, 0.4) is 0 Å². The number of rotatable bonds is 5. The van der Waals surface area contributed by atoms with Crippen LogP contribution in [-0.2, 0) is 22.9 Å². The maximum absolute atomic E-state index is 13.3. The molecule has 8 heteroatoms. The number of hydrogen-bond acceptors (Lipinski definition) is 4. The quantitative estimate of drug-likeness (QED) is 0.472. The van der Waals surface area contributed by atoms with Crippen molar-refractivity contribution in [2.24, 2.45) is 0 Å². The van der Waals surface area contributed by atoms with E-state index in [1.165, 1.54) is 4.31 Å². The first-order chi connectivity index (χ1) is 14.8. The van der Waals surface area contributed by atoms with E-state index in [1.54, 1.807) is 48.7 Å². The molecule has 31 heavy (non-hydrogen) atoms. The number of Topliss-reactive ketones (excluding diaryl/α,β-unsaturated/α-hetero) is 1. The van der Waals surface area contributed by atoms with Gasteiger partial charge in [0.05, 0.1) is 31.9 Å². The molecule has 160 valence electrons. The monoisotopic (exact) mass is 474 g/mol. The number of ketones is 1. The third kappa shape index (κ3) is 4.33. The van der Waals surface area contributed by atoms with Crippen molar-refractivity contribution in [1.29, 1.82) is 0 Å². The van der Waals surface area contributed by atoms with Crippen molar-refractivity contribution in [1.82, 2.24) is 4.98 Å². The Hall–Kier alpha value is -2.41. The third-order valence-corrected chi connectivity index (χ3v) is 7.67. The number of carbonyl (C=O) groups excluding carboxylic acids is 1. The highest BCUT2D eigenvalue weighted by Crippen LogP contribution is 2.33. The summed E-state index contributed by atoms with van der Waals surface area (Å²) in [6.45, 7) is 2.22. The fourth-order valence-electron chi connectivity index (χ4n) is 3.73. The standard InChI is InChI=1S/C23H20Cl2N2O3S/c1-15-5-2-6-17(11-15)31(29,30)27-10-4-9-20-21(27)12-16(14-26-20)13-22(28)23-18(24)7-3-8-19(23)25/h2-3,5-8,11-12,14H,4,9-10,13H2,1H3. The van der Waals surface area contributed by atoms with E-state index in [4.69, 9.17) is 23.2 Å². The number of pyridine rings is 1. The van der Waals surface area contributed by atoms with Gasteiger partial charge in [-0.15, -0.1) is 0 Å². The maximum atomic E-state index is 13.3. The molecule has 0 atom stereocenters. The number of aromatic nitrogens is 1. The van der Waals surface area contributed by atoms with Crippen molar-refractivity contribution in [3.8, 4) is 0 Å². The van der Waals surface area contributed by atoms with Crippen LogP contribution in [0.1, 0.15) is 33.6 Å². The molecule has 0 saturated carbocycles. The Morgan fingerprint density at radius 2 is 1.81 bits per heavy atom. The van der Waals surface area contributed by atoms with Gasteiger partial charge in [0, 0.05) is 19.2 Å². The number of nitrogens with zero attached hydrogens (tertiary/aromatic N) is 2. The summed E-state index contributed by atoms with van der Waals surface area (Å²) >= 11 is 12.3. The van der Waals surface area contributed by atoms with Gasteiger partial charge in [-0.25, -0.2) is 8.42 Å². The lowest BCUT2D eigenvalue weighted by Gasteiger charge is -2.30. The number of anilines is 1. The number of aryl methyl sites for hydroxylation is 2. The lowest BCUT2D eigenvalue weighted by Crippen LogP contribution is -2.36. The molecule has 0 bridgehead atoms. The molecule has 5 nitrogen and oxygen atoms in total. The zero-order chi connectivity index (χ0) is 22.2. The van der Waals surface area contributed by atoms with Crippen molar-refractivity contribution >= 4 is 44.7 Å². The van der Waals surface area contributed by atoms with Gasteiger partial charge >= 0.3 is 0 Å². The summed E-state index contributed by atoms with van der Waals surface area (Å²) in [5.74, 6) is -0.249. The van der Waals surface area contributed by atoms with Crippen LogP contribution >= 0.6 is 23.2 Å². The molecule has 0 radical (unpaired) electrons. The van der Waals surface area contributed by atoms with Gasteiger partial charge in [0.15, 0.2) is 5.78 Å². The van der Waals surface area contributed by atoms with Crippen LogP contribution in [0, 0.1) is 6.92 Å². The predicted molar refractivity (Wildman–Crippen MR) is 123 cm³/mol. The Kier molecular flexibility index (Phi) is 6.06. The molecule has 0 aliphatic carbocycles. The summed E-state index contributed by atoms with van der Waals surface area (Å²) in [7, 11) is -3.74. The number of hydrogen-bond donors (Lipinski definition) is 0. The minimum atomic E-state index is -3.74. The molecule has 0 saturated heterocycles. The van der Waals surface area contributed by atoms with Crippen molar-refractivity contribution in [2.75, 3.05) is 10.8 Å². The van der Waals surface area contributed by atoms with E-state index in [-0.39, 0.29) is 32.7 Å². The Morgan fingerprint density at radius 1 is 1.10 bits per heavy atom. The molecule has 2 heterocycles. The lowest BCUT2D eigenvalue weighted by atomic mass is 10.0. The summed E-state index contributed by atoms with van der Waals surface area (Å²) in [6, 6.07) is 13.5. The van der Waals surface area contributed by atoms with Gasteiger partial charge in [0.25, 0.3) is 10.0 Å². The molecule has 0 fully saturated rings. The van der Waals surface area contributed by atoms with Crippen molar-refractivity contribution < 1.29 is 13.2 Å². The average Bonchev–Trinajstić information content (AvgIpc) is 2.73. The zero-order valence-corrected chi connectivity index (χ0v) is 19.1. The van der Waals surface area contributed by atoms with Crippen LogP contribution in [0.4, 0.5) is 5.69 Å². The summed E-state index contributed by atoms with van der Waals surface area (Å²) in [5, 5.41) is 0.569. The van der Waals surface area contributed by atoms with Crippen molar-refractivity contribution in [2.45, 2.75) is 31.1 Å². The number of fused-ring (bicyclic) bond motifs is 1. The highest BCUT2D eigenvalue weighted by Gasteiger charge is 2.30. The highest BCUT2D eigenvalue weighted by molar-refractivity contribution is 7.92. The minimum Gasteiger partial charge on any atom is -0.294 e. The minimum absolute atomic E-state index is 0.0159. The number of benzene rings is 2. The van der Waals surface area contributed by atoms with Gasteiger partial charge in [-0.05, 0) is 61.2 Å². The summed E-state index contributed by atoms with van der Waals surface area (Å²) in [6.07, 6.45) is 2.99. The van der Waals surface area contributed by atoms with Gasteiger partial charge in [-0.3, -0.25) is 14.1 Å². The van der Waals surface area contributed by atoms with E-state index in [0.717, 1.165) is 5.56 Å². The Bertz CT molecular complexity index is 1260. The van der Waals surface area contributed by atoms with Crippen LogP contribution in [0.5, 0.6) is 0 Å². The fraction of sp³-hybridized carbons (Fsp3) is 0.217. The van der Waals surface area contributed by atoms with Crippen LogP contribution in [0.25, 0.3) is 0 Å². The first kappa shape index (κ1) is 21.8. The molecule has 0 amide bonds. The van der Waals surface area contributed by atoms with Gasteiger partial charge in [-0.1, -0.05) is 41.4 Å². The molecule has 1 aliphatic rings. The third-order valence-electron chi connectivity index (χ3n) is 5.23. The highest BCUT2D eigenvalue weighted by atomic mass is 35.5. The second kappa shape index (κ2) is 8.61. The molecule has 2 aromatic carbocycles. The van der Waals surface area contributed by atoms with Crippen LogP contribution < -0.4 is 4.31 Å². The van der Waals surface area contributed by atoms with Crippen LogP contribution in [0.2, 0.25) is 10.0 Å². The molecule has 0 unspecified atom stereocenters. The van der Waals surface area contributed by atoms with Gasteiger partial charge in [0.2, 0.25) is 0 Å². The molecule has 0 N–H and O–H groups in total. The van der Waals surface area contributed by atoms with Crippen LogP contribution in [-0.4, -0.2) is 25.7 Å². The SMILES string of the molecule is Cc1cccc(S(=O)(=O)N2CCCc3ncc(CC(=O)c4c(Cl)cccc4Cl)cc32)c1. The Labute approximate surface area is 191 Å². The molecular formula is C23H20Cl2N2O3S. The van der Waals surface area contributed by atoms with E-state index in [2.05, 4.69) is 4.98 Å². The number of sulfonamides is 1. The van der Waals surface area contributed by atoms with E-state index in [1.807, 2.05) is 13.0 Å². The number of carbonyl (C=O) groups is 1. The largest absolute Gasteiger partial charge is 0.294 e. The molecule has 1 aromatic heterocycles.